The number of carboxylic acid groups (broad SMARTS) is 1. The minimum absolute atomic E-state index is 0.0599. The molecule has 1 aromatic carbocycles. The lowest BCUT2D eigenvalue weighted by Gasteiger charge is -2.38. The molecule has 0 radical (unpaired) electrons. The Hall–Kier alpha value is -1.30. The van der Waals surface area contributed by atoms with Crippen molar-refractivity contribution in [2.45, 2.75) is 24.7 Å². The van der Waals surface area contributed by atoms with Crippen LogP contribution in [0.3, 0.4) is 0 Å². The largest absolute Gasteiger partial charge is 0.504 e. The quantitative estimate of drug-likeness (QED) is 0.734. The van der Waals surface area contributed by atoms with Crippen LogP contribution < -0.4 is 0 Å². The van der Waals surface area contributed by atoms with Crippen molar-refractivity contribution in [3.63, 3.8) is 0 Å². The molecule has 92 valence electrons. The third-order valence-electron chi connectivity index (χ3n) is 3.27. The Balaban J connectivity index is 2.70. The lowest BCUT2D eigenvalue weighted by Crippen LogP contribution is -2.43. The molecule has 1 aromatic rings. The number of aromatic hydroxyl groups is 2. The van der Waals surface area contributed by atoms with Gasteiger partial charge in [-0.2, -0.15) is 0 Å². The van der Waals surface area contributed by atoms with Crippen molar-refractivity contribution in [3.05, 3.63) is 21.9 Å². The third-order valence-corrected chi connectivity index (χ3v) is 3.84. The van der Waals surface area contributed by atoms with Gasteiger partial charge in [0.15, 0.2) is 11.5 Å². The number of halogens is 2. The number of aliphatic carboxylic acids is 1. The maximum atomic E-state index is 13.9. The zero-order valence-electron chi connectivity index (χ0n) is 8.70. The van der Waals surface area contributed by atoms with Crippen LogP contribution in [0.25, 0.3) is 0 Å². The maximum absolute atomic E-state index is 13.9. The van der Waals surface area contributed by atoms with Gasteiger partial charge >= 0.3 is 5.97 Å². The predicted molar refractivity (Wildman–Crippen MR) is 60.6 cm³/mol. The monoisotopic (exact) mass is 304 g/mol. The van der Waals surface area contributed by atoms with E-state index in [0.717, 1.165) is 6.07 Å². The number of phenols is 2. The Morgan fingerprint density at radius 2 is 2.00 bits per heavy atom. The van der Waals surface area contributed by atoms with E-state index < -0.39 is 28.7 Å². The fourth-order valence-corrected chi connectivity index (χ4v) is 2.56. The molecule has 1 fully saturated rings. The molecule has 0 saturated heterocycles. The number of carbonyl (C=O) groups is 1. The first-order chi connectivity index (χ1) is 7.90. The van der Waals surface area contributed by atoms with Crippen LogP contribution in [0.15, 0.2) is 10.5 Å². The second kappa shape index (κ2) is 3.87. The summed E-state index contributed by atoms with van der Waals surface area (Å²) in [6, 6.07) is 1.00. The van der Waals surface area contributed by atoms with Crippen LogP contribution in [0.5, 0.6) is 11.5 Å². The molecule has 1 aliphatic rings. The highest BCUT2D eigenvalue weighted by Crippen LogP contribution is 2.51. The number of rotatable bonds is 2. The summed E-state index contributed by atoms with van der Waals surface area (Å²) in [6.07, 6.45) is 1.16. The molecule has 6 heteroatoms. The maximum Gasteiger partial charge on any atom is 0.314 e. The molecule has 0 aromatic heterocycles. The molecule has 2 rings (SSSR count). The minimum atomic E-state index is -1.42. The molecule has 0 atom stereocenters. The molecule has 0 bridgehead atoms. The van der Waals surface area contributed by atoms with Crippen LogP contribution in [0, 0.1) is 5.82 Å². The first kappa shape index (κ1) is 12.2. The zero-order valence-corrected chi connectivity index (χ0v) is 10.3. The fraction of sp³-hybridized carbons (Fsp3) is 0.364. The van der Waals surface area contributed by atoms with Gasteiger partial charge in [0.05, 0.1) is 15.5 Å². The van der Waals surface area contributed by atoms with Crippen molar-refractivity contribution in [2.24, 2.45) is 0 Å². The number of hydrogen-bond acceptors (Lipinski definition) is 3. The van der Waals surface area contributed by atoms with Crippen LogP contribution in [0.2, 0.25) is 0 Å². The topological polar surface area (TPSA) is 77.8 Å². The summed E-state index contributed by atoms with van der Waals surface area (Å²) < 4.78 is 13.9. The highest BCUT2D eigenvalue weighted by Gasteiger charge is 2.50. The van der Waals surface area contributed by atoms with Gasteiger partial charge in [-0.3, -0.25) is 4.79 Å². The first-order valence-corrected chi connectivity index (χ1v) is 5.83. The lowest BCUT2D eigenvalue weighted by molar-refractivity contribution is -0.147. The van der Waals surface area contributed by atoms with Crippen LogP contribution in [0.1, 0.15) is 24.8 Å². The van der Waals surface area contributed by atoms with Crippen LogP contribution >= 0.6 is 15.9 Å². The standard InChI is InChI=1S/C11H10BrFO4/c12-5-4-6(14)9(15)7(8(5)13)11(10(16)17)2-1-3-11/h4,14-15H,1-3H2,(H,16,17). The van der Waals surface area contributed by atoms with E-state index >= 15 is 0 Å². The van der Waals surface area contributed by atoms with E-state index in [1.807, 2.05) is 0 Å². The number of hydrogen-bond donors (Lipinski definition) is 3. The number of benzene rings is 1. The van der Waals surface area contributed by atoms with Crippen molar-refractivity contribution in [2.75, 3.05) is 0 Å². The Bertz CT molecular complexity index is 470. The smallest absolute Gasteiger partial charge is 0.314 e. The molecule has 1 saturated carbocycles. The Morgan fingerprint density at radius 1 is 1.41 bits per heavy atom. The van der Waals surface area contributed by atoms with Crippen molar-refractivity contribution < 1.29 is 24.5 Å². The third kappa shape index (κ3) is 1.58. The van der Waals surface area contributed by atoms with E-state index in [-0.39, 0.29) is 22.9 Å². The predicted octanol–water partition coefficient (Wildman–Crippen LogP) is 2.51. The summed E-state index contributed by atoms with van der Waals surface area (Å²) in [5, 5.41) is 28.3. The van der Waals surface area contributed by atoms with E-state index in [1.54, 1.807) is 0 Å². The number of phenolic OH excluding ortho intramolecular Hbond substituents is 2. The van der Waals surface area contributed by atoms with Crippen molar-refractivity contribution in [3.8, 4) is 11.5 Å². The second-order valence-corrected chi connectivity index (χ2v) is 5.01. The van der Waals surface area contributed by atoms with Crippen LogP contribution in [-0.2, 0) is 10.2 Å². The van der Waals surface area contributed by atoms with Gasteiger partial charge < -0.3 is 15.3 Å². The normalized spacial score (nSPS) is 17.5. The SMILES string of the molecule is O=C(O)C1(c2c(O)c(O)cc(Br)c2F)CCC1. The molecule has 0 heterocycles. The van der Waals surface area contributed by atoms with Gasteiger partial charge in [-0.15, -0.1) is 0 Å². The van der Waals surface area contributed by atoms with Gasteiger partial charge in [-0.05, 0) is 28.8 Å². The van der Waals surface area contributed by atoms with E-state index in [2.05, 4.69) is 15.9 Å². The highest BCUT2D eigenvalue weighted by atomic mass is 79.9. The molecule has 0 aliphatic heterocycles. The van der Waals surface area contributed by atoms with Gasteiger partial charge in [0.25, 0.3) is 0 Å². The summed E-state index contributed by atoms with van der Waals surface area (Å²) >= 11 is 2.89. The molecule has 1 aliphatic carbocycles. The minimum Gasteiger partial charge on any atom is -0.504 e. The fourth-order valence-electron chi connectivity index (χ4n) is 2.14. The molecule has 17 heavy (non-hydrogen) atoms. The summed E-state index contributed by atoms with van der Waals surface area (Å²) in [5.74, 6) is -3.23. The average molecular weight is 305 g/mol. The Kier molecular flexibility index (Phi) is 2.77. The summed E-state index contributed by atoms with van der Waals surface area (Å²) in [5.41, 5.74) is -1.75. The Morgan fingerprint density at radius 3 is 2.41 bits per heavy atom. The molecular formula is C11H10BrFO4. The summed E-state index contributed by atoms with van der Waals surface area (Å²) in [7, 11) is 0. The van der Waals surface area contributed by atoms with E-state index in [9.17, 15) is 24.5 Å². The molecule has 4 nitrogen and oxygen atoms in total. The van der Waals surface area contributed by atoms with Crippen LogP contribution in [-0.4, -0.2) is 21.3 Å². The van der Waals surface area contributed by atoms with Gasteiger partial charge in [0.1, 0.15) is 5.82 Å². The zero-order chi connectivity index (χ0) is 12.8. The van der Waals surface area contributed by atoms with E-state index in [4.69, 9.17) is 0 Å². The molecule has 3 N–H and O–H groups in total. The lowest BCUT2D eigenvalue weighted by atomic mass is 9.64. The summed E-state index contributed by atoms with van der Waals surface area (Å²) in [4.78, 5) is 11.3. The van der Waals surface area contributed by atoms with Crippen molar-refractivity contribution in [1.82, 2.24) is 0 Å². The van der Waals surface area contributed by atoms with E-state index in [1.165, 1.54) is 0 Å². The van der Waals surface area contributed by atoms with Crippen LogP contribution in [0.4, 0.5) is 4.39 Å². The van der Waals surface area contributed by atoms with Gasteiger partial charge in [0, 0.05) is 6.07 Å². The average Bonchev–Trinajstić information content (AvgIpc) is 2.18. The van der Waals surface area contributed by atoms with Gasteiger partial charge in [-0.1, -0.05) is 6.42 Å². The van der Waals surface area contributed by atoms with Gasteiger partial charge in [0.2, 0.25) is 0 Å². The second-order valence-electron chi connectivity index (χ2n) is 4.16. The number of carboxylic acids is 1. The van der Waals surface area contributed by atoms with Crippen molar-refractivity contribution >= 4 is 21.9 Å². The highest BCUT2D eigenvalue weighted by molar-refractivity contribution is 9.10. The molecule has 0 unspecified atom stereocenters. The summed E-state index contributed by atoms with van der Waals surface area (Å²) in [6.45, 7) is 0. The first-order valence-electron chi connectivity index (χ1n) is 5.04. The molecule has 0 spiro atoms. The van der Waals surface area contributed by atoms with Crippen molar-refractivity contribution in [1.29, 1.82) is 0 Å². The van der Waals surface area contributed by atoms with E-state index in [0.29, 0.717) is 6.42 Å². The van der Waals surface area contributed by atoms with Gasteiger partial charge in [-0.25, -0.2) is 4.39 Å². The molecular weight excluding hydrogens is 295 g/mol. The molecule has 0 amide bonds. The Labute approximate surface area is 105 Å².